The maximum absolute atomic E-state index is 13.5. The third-order valence-corrected chi connectivity index (χ3v) is 2.29. The lowest BCUT2D eigenvalue weighted by Gasteiger charge is -2.06. The van der Waals surface area contributed by atoms with Crippen molar-refractivity contribution in [3.63, 3.8) is 0 Å². The second kappa shape index (κ2) is 5.11. The van der Waals surface area contributed by atoms with Crippen LogP contribution in [0, 0.1) is 12.4 Å². The van der Waals surface area contributed by atoms with Gasteiger partial charge in [0.15, 0.2) is 17.3 Å². The smallest absolute Gasteiger partial charge is 0.190 e. The zero-order valence-electron chi connectivity index (χ0n) is 9.26. The summed E-state index contributed by atoms with van der Waals surface area (Å²) in [4.78, 5) is 13.6. The Bertz CT molecular complexity index is 615. The van der Waals surface area contributed by atoms with Crippen molar-refractivity contribution in [2.24, 2.45) is 0 Å². The molecule has 0 amide bonds. The van der Waals surface area contributed by atoms with Crippen molar-refractivity contribution in [3.8, 4) is 11.5 Å². The van der Waals surface area contributed by atoms with Crippen molar-refractivity contribution in [3.05, 3.63) is 65.3 Å². The minimum Gasteiger partial charge on any atom is -0.454 e. The van der Waals surface area contributed by atoms with Crippen LogP contribution in [0.4, 0.5) is 10.1 Å². The van der Waals surface area contributed by atoms with Gasteiger partial charge in [-0.3, -0.25) is 4.79 Å². The van der Waals surface area contributed by atoms with Gasteiger partial charge < -0.3 is 4.74 Å². The van der Waals surface area contributed by atoms with E-state index in [1.54, 1.807) is 24.3 Å². The molecule has 0 N–H and O–H groups in total. The zero-order valence-corrected chi connectivity index (χ0v) is 9.26. The lowest BCUT2D eigenvalue weighted by atomic mass is 10.2. The van der Waals surface area contributed by atoms with Gasteiger partial charge in [-0.25, -0.2) is 9.24 Å². The number of aldehydes is 1. The van der Waals surface area contributed by atoms with Crippen LogP contribution < -0.4 is 4.74 Å². The molecule has 0 unspecified atom stereocenters. The highest BCUT2D eigenvalue weighted by Gasteiger charge is 2.05. The van der Waals surface area contributed by atoms with Crippen LogP contribution in [-0.2, 0) is 0 Å². The average molecular weight is 241 g/mol. The van der Waals surface area contributed by atoms with Crippen molar-refractivity contribution >= 4 is 12.0 Å². The second-order valence-corrected chi connectivity index (χ2v) is 3.52. The molecule has 88 valence electrons. The summed E-state index contributed by atoms with van der Waals surface area (Å²) in [6.07, 6.45) is 0.717. The fourth-order valence-electron chi connectivity index (χ4n) is 1.38. The van der Waals surface area contributed by atoms with Crippen molar-refractivity contribution < 1.29 is 13.9 Å². The molecular formula is C14H8FNO2. The maximum atomic E-state index is 13.5. The molecule has 0 heterocycles. The highest BCUT2D eigenvalue weighted by molar-refractivity contribution is 5.74. The molecule has 3 nitrogen and oxygen atoms in total. The average Bonchev–Trinajstić information content (AvgIpc) is 2.42. The maximum Gasteiger partial charge on any atom is 0.190 e. The molecule has 0 atom stereocenters. The number of ether oxygens (including phenoxy) is 1. The van der Waals surface area contributed by atoms with Gasteiger partial charge in [0.1, 0.15) is 12.0 Å². The number of halogens is 1. The summed E-state index contributed by atoms with van der Waals surface area (Å²) in [5, 5.41) is 0. The van der Waals surface area contributed by atoms with Crippen LogP contribution in [0.2, 0.25) is 0 Å². The number of hydrogen-bond donors (Lipinski definition) is 0. The van der Waals surface area contributed by atoms with E-state index in [-0.39, 0.29) is 11.4 Å². The lowest BCUT2D eigenvalue weighted by molar-refractivity contribution is 0.112. The predicted molar refractivity (Wildman–Crippen MR) is 64.6 cm³/mol. The van der Waals surface area contributed by atoms with Crippen LogP contribution in [0.1, 0.15) is 10.4 Å². The number of nitrogens with zero attached hydrogens (tertiary/aromatic N) is 1. The standard InChI is InChI=1S/C14H8FNO2/c1-16-11-4-7-14(13(15)8-11)18-12-5-2-10(9-17)3-6-12/h2-9H. The molecule has 0 bridgehead atoms. The van der Waals surface area contributed by atoms with Gasteiger partial charge in [-0.15, -0.1) is 0 Å². The molecular weight excluding hydrogens is 233 g/mol. The summed E-state index contributed by atoms with van der Waals surface area (Å²) in [7, 11) is 0. The molecule has 2 aromatic rings. The molecule has 0 radical (unpaired) electrons. The van der Waals surface area contributed by atoms with E-state index in [1.165, 1.54) is 12.1 Å². The minimum atomic E-state index is -0.594. The molecule has 0 aliphatic rings. The van der Waals surface area contributed by atoms with E-state index in [9.17, 15) is 9.18 Å². The first kappa shape index (κ1) is 11.8. The summed E-state index contributed by atoms with van der Waals surface area (Å²) in [5.74, 6) is -0.126. The normalized spacial score (nSPS) is 9.56. The van der Waals surface area contributed by atoms with Gasteiger partial charge >= 0.3 is 0 Å². The van der Waals surface area contributed by atoms with Gasteiger partial charge in [-0.05, 0) is 36.4 Å². The Morgan fingerprint density at radius 1 is 1.17 bits per heavy atom. The first-order chi connectivity index (χ1) is 8.72. The summed E-state index contributed by atoms with van der Waals surface area (Å²) in [5.41, 5.74) is 0.738. The van der Waals surface area contributed by atoms with Crippen molar-refractivity contribution in [2.75, 3.05) is 0 Å². The molecule has 0 saturated carbocycles. The topological polar surface area (TPSA) is 30.7 Å². The van der Waals surface area contributed by atoms with Crippen molar-refractivity contribution in [1.82, 2.24) is 0 Å². The van der Waals surface area contributed by atoms with Gasteiger partial charge in [-0.2, -0.15) is 0 Å². The van der Waals surface area contributed by atoms with Crippen LogP contribution in [0.3, 0.4) is 0 Å². The monoisotopic (exact) mass is 241 g/mol. The SMILES string of the molecule is [C-]#[N+]c1ccc(Oc2ccc(C=O)cc2)c(F)c1. The molecule has 0 fully saturated rings. The summed E-state index contributed by atoms with van der Waals surface area (Å²) >= 11 is 0. The Hall–Kier alpha value is -2.67. The number of carbonyl (C=O) groups is 1. The quantitative estimate of drug-likeness (QED) is 0.601. The number of rotatable bonds is 3. The van der Waals surface area contributed by atoms with E-state index in [0.29, 0.717) is 11.3 Å². The van der Waals surface area contributed by atoms with E-state index in [2.05, 4.69) is 4.85 Å². The Morgan fingerprint density at radius 3 is 2.44 bits per heavy atom. The van der Waals surface area contributed by atoms with E-state index >= 15 is 0 Å². The molecule has 2 aromatic carbocycles. The largest absolute Gasteiger partial charge is 0.454 e. The fourth-order valence-corrected chi connectivity index (χ4v) is 1.38. The molecule has 0 aliphatic carbocycles. The van der Waals surface area contributed by atoms with E-state index in [1.807, 2.05) is 0 Å². The van der Waals surface area contributed by atoms with Crippen LogP contribution in [0.5, 0.6) is 11.5 Å². The predicted octanol–water partition coefficient (Wildman–Crippen LogP) is 3.98. The molecule has 4 heteroatoms. The van der Waals surface area contributed by atoms with Crippen molar-refractivity contribution in [2.45, 2.75) is 0 Å². The summed E-state index contributed by atoms with van der Waals surface area (Å²) in [6.45, 7) is 6.76. The van der Waals surface area contributed by atoms with E-state index in [0.717, 1.165) is 12.4 Å². The molecule has 0 saturated heterocycles. The molecule has 0 aromatic heterocycles. The zero-order chi connectivity index (χ0) is 13.0. The van der Waals surface area contributed by atoms with Crippen LogP contribution in [0.25, 0.3) is 4.85 Å². The number of benzene rings is 2. The Kier molecular flexibility index (Phi) is 3.35. The molecule has 0 spiro atoms. The number of carbonyl (C=O) groups excluding carboxylic acids is 1. The fraction of sp³-hybridized carbons (Fsp3) is 0. The third kappa shape index (κ3) is 2.53. The van der Waals surface area contributed by atoms with Crippen LogP contribution in [0.15, 0.2) is 42.5 Å². The molecule has 2 rings (SSSR count). The van der Waals surface area contributed by atoms with Crippen molar-refractivity contribution in [1.29, 1.82) is 0 Å². The summed E-state index contributed by atoms with van der Waals surface area (Å²) in [6, 6.07) is 10.3. The Labute approximate surface area is 103 Å². The van der Waals surface area contributed by atoms with Crippen LogP contribution in [-0.4, -0.2) is 6.29 Å². The molecule has 0 aliphatic heterocycles. The number of hydrogen-bond acceptors (Lipinski definition) is 2. The first-order valence-electron chi connectivity index (χ1n) is 5.13. The highest BCUT2D eigenvalue weighted by atomic mass is 19.1. The summed E-state index contributed by atoms with van der Waals surface area (Å²) < 4.78 is 18.9. The Morgan fingerprint density at radius 2 is 1.89 bits per heavy atom. The van der Waals surface area contributed by atoms with Gasteiger partial charge in [-0.1, -0.05) is 6.07 Å². The van der Waals surface area contributed by atoms with Gasteiger partial charge in [0, 0.05) is 5.56 Å². The molecule has 18 heavy (non-hydrogen) atoms. The van der Waals surface area contributed by atoms with E-state index < -0.39 is 5.82 Å². The lowest BCUT2D eigenvalue weighted by Crippen LogP contribution is -1.88. The third-order valence-electron chi connectivity index (χ3n) is 2.29. The van der Waals surface area contributed by atoms with Crippen LogP contribution >= 0.6 is 0 Å². The Balaban J connectivity index is 2.23. The minimum absolute atomic E-state index is 0.0428. The van der Waals surface area contributed by atoms with E-state index in [4.69, 9.17) is 11.3 Å². The highest BCUT2D eigenvalue weighted by Crippen LogP contribution is 2.27. The van der Waals surface area contributed by atoms with Gasteiger partial charge in [0.2, 0.25) is 0 Å². The van der Waals surface area contributed by atoms with Gasteiger partial charge in [0.25, 0.3) is 0 Å². The van der Waals surface area contributed by atoms with Gasteiger partial charge in [0.05, 0.1) is 6.57 Å². The first-order valence-corrected chi connectivity index (χ1v) is 5.13. The second-order valence-electron chi connectivity index (χ2n) is 3.52.